The number of ether oxygens (including phenoxy) is 1. The summed E-state index contributed by atoms with van der Waals surface area (Å²) in [6.07, 6.45) is 1.16. The van der Waals surface area contributed by atoms with E-state index in [1.54, 1.807) is 6.07 Å². The molecular weight excluding hydrogens is 447 g/mol. The van der Waals surface area contributed by atoms with E-state index in [1.165, 1.54) is 12.1 Å². The molecule has 7 nitrogen and oxygen atoms in total. The van der Waals surface area contributed by atoms with E-state index in [9.17, 15) is 14.0 Å². The van der Waals surface area contributed by atoms with Crippen LogP contribution in [0.15, 0.2) is 53.3 Å². The number of nitrogens with zero attached hydrogens (tertiary/aromatic N) is 2. The number of H-pyrrole nitrogens is 1. The Kier molecular flexibility index (Phi) is 4.48. The lowest BCUT2D eigenvalue weighted by Gasteiger charge is -2.50. The van der Waals surface area contributed by atoms with Gasteiger partial charge in [-0.2, -0.15) is 5.10 Å². The molecule has 3 aromatic rings. The molecule has 4 aliphatic heterocycles. The molecule has 4 bridgehead atoms. The molecule has 33 heavy (non-hydrogen) atoms. The van der Waals surface area contributed by atoms with Crippen LogP contribution in [0.25, 0.3) is 0 Å². The van der Waals surface area contributed by atoms with E-state index in [0.29, 0.717) is 12.8 Å². The predicted molar refractivity (Wildman–Crippen MR) is 120 cm³/mol. The number of fused-ring (bicyclic) bond motifs is 1. The second-order valence-electron chi connectivity index (χ2n) is 8.84. The molecule has 3 fully saturated rings. The van der Waals surface area contributed by atoms with Gasteiger partial charge in [-0.3, -0.25) is 9.59 Å². The van der Waals surface area contributed by atoms with Crippen LogP contribution in [-0.2, 0) is 17.8 Å². The number of carbonyl (C=O) groups is 1. The highest BCUT2D eigenvalue weighted by atomic mass is 35.5. The number of amides is 1. The molecule has 9 heteroatoms. The van der Waals surface area contributed by atoms with Crippen LogP contribution in [0.2, 0.25) is 5.02 Å². The molecule has 168 valence electrons. The van der Waals surface area contributed by atoms with Crippen molar-refractivity contribution in [2.75, 3.05) is 11.9 Å². The van der Waals surface area contributed by atoms with Crippen LogP contribution in [0.3, 0.4) is 0 Å². The monoisotopic (exact) mass is 466 g/mol. The maximum atomic E-state index is 14.8. The number of β-lactam (4-membered cyclic amide) rings is 1. The van der Waals surface area contributed by atoms with Crippen molar-refractivity contribution in [3.63, 3.8) is 0 Å². The minimum atomic E-state index is -0.643. The lowest BCUT2D eigenvalue weighted by atomic mass is 9.72. The van der Waals surface area contributed by atoms with E-state index < -0.39 is 11.2 Å². The summed E-state index contributed by atoms with van der Waals surface area (Å²) in [5.74, 6) is -0.201. The Labute approximate surface area is 193 Å². The molecule has 2 aromatic carbocycles. The van der Waals surface area contributed by atoms with Gasteiger partial charge in [-0.15, -0.1) is 0 Å². The largest absolute Gasteiger partial charge is 0.487 e. The second-order valence-corrected chi connectivity index (χ2v) is 9.25. The summed E-state index contributed by atoms with van der Waals surface area (Å²) in [4.78, 5) is 26.4. The average molecular weight is 467 g/mol. The first-order chi connectivity index (χ1) is 16.0. The van der Waals surface area contributed by atoms with E-state index in [2.05, 4.69) is 15.5 Å². The van der Waals surface area contributed by atoms with Crippen LogP contribution < -0.4 is 15.6 Å². The highest BCUT2D eigenvalue weighted by molar-refractivity contribution is 6.32. The fourth-order valence-electron chi connectivity index (χ4n) is 5.43. The maximum absolute atomic E-state index is 14.8. The Balaban J connectivity index is 1.18. The quantitative estimate of drug-likeness (QED) is 0.543. The van der Waals surface area contributed by atoms with Crippen LogP contribution in [0.1, 0.15) is 29.3 Å². The molecule has 4 aliphatic rings. The molecular formula is C24H20ClFN4O3. The van der Waals surface area contributed by atoms with Gasteiger partial charge in [0.1, 0.15) is 18.2 Å². The summed E-state index contributed by atoms with van der Waals surface area (Å²) in [6.45, 7) is 0.559. The van der Waals surface area contributed by atoms with Crippen molar-refractivity contribution in [1.29, 1.82) is 0 Å². The summed E-state index contributed by atoms with van der Waals surface area (Å²) in [6, 6.07) is 13.7. The van der Waals surface area contributed by atoms with Crippen LogP contribution in [-0.4, -0.2) is 33.6 Å². The van der Waals surface area contributed by atoms with Crippen LogP contribution in [0.4, 0.5) is 10.1 Å². The van der Waals surface area contributed by atoms with Crippen molar-refractivity contribution in [3.8, 4) is 5.75 Å². The molecule has 5 heterocycles. The highest BCUT2D eigenvalue weighted by Crippen LogP contribution is 2.61. The summed E-state index contributed by atoms with van der Waals surface area (Å²) in [5, 5.41) is 10.1. The number of nitrogens with one attached hydrogen (secondary N) is 2. The summed E-state index contributed by atoms with van der Waals surface area (Å²) in [5.41, 5.74) is 1.92. The SMILES string of the molecule is O=C1N2[C@@H]3CC1(CNc1cc(Cl)c(OCc4ccccc4)cc1F)[C@H]2Cc1cc(=O)[nH]nc13. The van der Waals surface area contributed by atoms with Gasteiger partial charge in [0.2, 0.25) is 5.91 Å². The lowest BCUT2D eigenvalue weighted by Crippen LogP contribution is -2.66. The van der Waals surface area contributed by atoms with Gasteiger partial charge >= 0.3 is 0 Å². The van der Waals surface area contributed by atoms with E-state index in [4.69, 9.17) is 16.3 Å². The minimum Gasteiger partial charge on any atom is -0.487 e. The summed E-state index contributed by atoms with van der Waals surface area (Å²) in [7, 11) is 0. The first-order valence-electron chi connectivity index (χ1n) is 10.8. The number of anilines is 1. The number of benzene rings is 2. The fraction of sp³-hybridized carbons (Fsp3) is 0.292. The van der Waals surface area contributed by atoms with Crippen molar-refractivity contribution in [3.05, 3.63) is 86.5 Å². The molecule has 0 radical (unpaired) electrons. The molecule has 3 atom stereocenters. The van der Waals surface area contributed by atoms with Gasteiger partial charge in [0.25, 0.3) is 5.56 Å². The maximum Gasteiger partial charge on any atom is 0.264 e. The number of carbonyl (C=O) groups excluding carboxylic acids is 1. The average Bonchev–Trinajstić information content (AvgIpc) is 3.26. The molecule has 7 rings (SSSR count). The topological polar surface area (TPSA) is 87.3 Å². The van der Waals surface area contributed by atoms with E-state index in [0.717, 1.165) is 16.8 Å². The molecule has 1 aromatic heterocycles. The molecule has 0 spiro atoms. The molecule has 2 N–H and O–H groups in total. The Morgan fingerprint density at radius 1 is 1.24 bits per heavy atom. The normalized spacial score (nSPS) is 24.3. The van der Waals surface area contributed by atoms with Gasteiger partial charge in [-0.1, -0.05) is 41.9 Å². The van der Waals surface area contributed by atoms with Gasteiger partial charge in [0, 0.05) is 18.7 Å². The number of hydrogen-bond acceptors (Lipinski definition) is 5. The van der Waals surface area contributed by atoms with Gasteiger partial charge in [-0.25, -0.2) is 9.49 Å². The van der Waals surface area contributed by atoms with Crippen molar-refractivity contribution in [2.24, 2.45) is 5.41 Å². The van der Waals surface area contributed by atoms with E-state index in [1.807, 2.05) is 35.2 Å². The molecule has 3 saturated heterocycles. The zero-order valence-corrected chi connectivity index (χ0v) is 18.2. The van der Waals surface area contributed by atoms with Gasteiger partial charge < -0.3 is 15.0 Å². The number of aromatic nitrogens is 2. The first-order valence-corrected chi connectivity index (χ1v) is 11.1. The Morgan fingerprint density at radius 2 is 2.06 bits per heavy atom. The van der Waals surface area contributed by atoms with Crippen LogP contribution in [0, 0.1) is 11.2 Å². The zero-order chi connectivity index (χ0) is 22.7. The molecule has 0 saturated carbocycles. The first kappa shape index (κ1) is 20.2. The second kappa shape index (κ2) is 7.31. The van der Waals surface area contributed by atoms with E-state index >= 15 is 0 Å². The van der Waals surface area contributed by atoms with Crippen molar-refractivity contribution >= 4 is 23.2 Å². The van der Waals surface area contributed by atoms with Crippen LogP contribution in [0.5, 0.6) is 5.75 Å². The number of hydrogen-bond donors (Lipinski definition) is 2. The van der Waals surface area contributed by atoms with Gasteiger partial charge in [0.05, 0.1) is 33.9 Å². The standard InChI is InChI=1S/C24H20ClFN4O3/c25-15-8-17(16(26)9-19(15)33-11-13-4-2-1-3-5-13)27-12-24-10-18-22-14(7-21(31)28-29-22)6-20(24)30(18)23(24)32/h1-5,7-9,18,20,27H,6,10-12H2,(H,28,31)/t18-,20-,24?/m1/s1. The van der Waals surface area contributed by atoms with Crippen LogP contribution >= 0.6 is 11.6 Å². The lowest BCUT2D eigenvalue weighted by molar-refractivity contribution is -0.159. The van der Waals surface area contributed by atoms with Crippen molar-refractivity contribution in [1.82, 2.24) is 15.1 Å². The fourth-order valence-corrected chi connectivity index (χ4v) is 5.65. The van der Waals surface area contributed by atoms with Gasteiger partial charge in [0.15, 0.2) is 0 Å². The smallest absolute Gasteiger partial charge is 0.264 e. The van der Waals surface area contributed by atoms with E-state index in [-0.39, 0.29) is 53.2 Å². The highest BCUT2D eigenvalue weighted by Gasteiger charge is 2.71. The summed E-state index contributed by atoms with van der Waals surface area (Å²) < 4.78 is 20.5. The molecule has 1 unspecified atom stereocenters. The number of halogens is 2. The van der Waals surface area contributed by atoms with Crippen molar-refractivity contribution < 1.29 is 13.9 Å². The third-order valence-corrected chi connectivity index (χ3v) is 7.33. The van der Waals surface area contributed by atoms with Crippen molar-refractivity contribution in [2.45, 2.75) is 31.5 Å². The third kappa shape index (κ3) is 3.04. The number of aromatic amines is 1. The third-order valence-electron chi connectivity index (χ3n) is 7.03. The Bertz CT molecular complexity index is 1330. The zero-order valence-electron chi connectivity index (χ0n) is 17.5. The Morgan fingerprint density at radius 3 is 2.88 bits per heavy atom. The summed E-state index contributed by atoms with van der Waals surface area (Å²) >= 11 is 6.35. The molecule has 0 aliphatic carbocycles. The Hall–Kier alpha value is -3.39. The predicted octanol–water partition coefficient (Wildman–Crippen LogP) is 3.45. The van der Waals surface area contributed by atoms with Gasteiger partial charge in [-0.05, 0) is 30.0 Å². The minimum absolute atomic E-state index is 0.0226. The molecule has 1 amide bonds. The number of rotatable bonds is 6.